The SMILES string of the molecule is COC1=CC2C(C=C1)C1=C(CC3CCCCN3C1)C1C=C(OC)C(OC)=CC12. The van der Waals surface area contributed by atoms with E-state index in [1.54, 1.807) is 32.5 Å². The molecule has 0 aromatic carbocycles. The van der Waals surface area contributed by atoms with Gasteiger partial charge in [0.2, 0.25) is 0 Å². The summed E-state index contributed by atoms with van der Waals surface area (Å²) in [5.74, 6) is 4.38. The molecule has 4 heteroatoms. The first-order valence-corrected chi connectivity index (χ1v) is 10.7. The van der Waals surface area contributed by atoms with Crippen LogP contribution in [0.5, 0.6) is 0 Å². The van der Waals surface area contributed by atoms with E-state index in [0.29, 0.717) is 23.7 Å². The average Bonchev–Trinajstić information content (AvgIpc) is 2.76. The predicted molar refractivity (Wildman–Crippen MR) is 109 cm³/mol. The Morgan fingerprint density at radius 2 is 1.64 bits per heavy atom. The Kier molecular flexibility index (Phi) is 4.62. The van der Waals surface area contributed by atoms with Gasteiger partial charge < -0.3 is 14.2 Å². The van der Waals surface area contributed by atoms with Crippen molar-refractivity contribution < 1.29 is 14.2 Å². The van der Waals surface area contributed by atoms with Crippen molar-refractivity contribution in [1.29, 1.82) is 0 Å². The van der Waals surface area contributed by atoms with Gasteiger partial charge >= 0.3 is 0 Å². The quantitative estimate of drug-likeness (QED) is 0.686. The van der Waals surface area contributed by atoms with E-state index in [2.05, 4.69) is 35.3 Å². The van der Waals surface area contributed by atoms with Crippen molar-refractivity contribution in [3.8, 4) is 0 Å². The first-order valence-electron chi connectivity index (χ1n) is 10.7. The lowest BCUT2D eigenvalue weighted by atomic mass is 9.59. The van der Waals surface area contributed by atoms with Crippen LogP contribution in [0.2, 0.25) is 0 Å². The zero-order valence-corrected chi connectivity index (χ0v) is 17.2. The molecule has 2 aliphatic heterocycles. The molecule has 5 aliphatic rings. The van der Waals surface area contributed by atoms with Crippen LogP contribution in [0, 0.1) is 23.7 Å². The molecule has 0 aromatic rings. The summed E-state index contributed by atoms with van der Waals surface area (Å²) in [6.45, 7) is 2.38. The van der Waals surface area contributed by atoms with E-state index < -0.39 is 0 Å². The fourth-order valence-electron chi connectivity index (χ4n) is 6.12. The summed E-state index contributed by atoms with van der Waals surface area (Å²) in [5.41, 5.74) is 3.31. The normalized spacial score (nSPS) is 36.8. The van der Waals surface area contributed by atoms with E-state index in [0.717, 1.165) is 29.9 Å². The molecule has 1 fully saturated rings. The number of allylic oxidation sites excluding steroid dienone is 5. The van der Waals surface area contributed by atoms with Crippen molar-refractivity contribution in [1.82, 2.24) is 4.90 Å². The van der Waals surface area contributed by atoms with E-state index in [-0.39, 0.29) is 0 Å². The van der Waals surface area contributed by atoms with Crippen molar-refractivity contribution in [2.75, 3.05) is 34.4 Å². The molecule has 0 saturated carbocycles. The van der Waals surface area contributed by atoms with Gasteiger partial charge in [0.05, 0.1) is 21.3 Å². The molecule has 5 atom stereocenters. The molecule has 150 valence electrons. The number of methoxy groups -OCH3 is 3. The Bertz CT molecular complexity index is 803. The Morgan fingerprint density at radius 3 is 2.43 bits per heavy atom. The molecular formula is C24H31NO3. The van der Waals surface area contributed by atoms with E-state index in [4.69, 9.17) is 14.2 Å². The Morgan fingerprint density at radius 1 is 0.857 bits per heavy atom. The summed E-state index contributed by atoms with van der Waals surface area (Å²) < 4.78 is 17.0. The lowest BCUT2D eigenvalue weighted by molar-refractivity contribution is 0.123. The van der Waals surface area contributed by atoms with Gasteiger partial charge in [0.1, 0.15) is 5.76 Å². The Hall–Kier alpha value is -1.94. The minimum absolute atomic E-state index is 0.392. The van der Waals surface area contributed by atoms with E-state index in [1.165, 1.54) is 32.2 Å². The number of nitrogens with zero attached hydrogens (tertiary/aromatic N) is 1. The highest BCUT2D eigenvalue weighted by molar-refractivity contribution is 5.44. The van der Waals surface area contributed by atoms with Crippen LogP contribution in [0.15, 0.2) is 58.8 Å². The monoisotopic (exact) mass is 381 g/mol. The molecule has 2 heterocycles. The van der Waals surface area contributed by atoms with Crippen molar-refractivity contribution in [2.45, 2.75) is 31.7 Å². The zero-order chi connectivity index (χ0) is 19.3. The summed E-state index contributed by atoms with van der Waals surface area (Å²) in [4.78, 5) is 2.74. The second-order valence-corrected chi connectivity index (χ2v) is 8.68. The van der Waals surface area contributed by atoms with Crippen molar-refractivity contribution >= 4 is 0 Å². The molecule has 3 aliphatic carbocycles. The third-order valence-corrected chi connectivity index (χ3v) is 7.49. The molecular weight excluding hydrogens is 350 g/mol. The summed E-state index contributed by atoms with van der Waals surface area (Å²) in [7, 11) is 5.25. The highest BCUT2D eigenvalue weighted by atomic mass is 16.5. The smallest absolute Gasteiger partial charge is 0.157 e. The molecule has 0 amide bonds. The number of fused-ring (bicyclic) bond motifs is 6. The van der Waals surface area contributed by atoms with Gasteiger partial charge in [-0.05, 0) is 67.5 Å². The van der Waals surface area contributed by atoms with Crippen LogP contribution < -0.4 is 0 Å². The summed E-state index contributed by atoms with van der Waals surface area (Å²) >= 11 is 0. The van der Waals surface area contributed by atoms with Crippen LogP contribution in [0.25, 0.3) is 0 Å². The largest absolute Gasteiger partial charge is 0.497 e. The number of piperidine rings is 1. The minimum Gasteiger partial charge on any atom is -0.497 e. The summed E-state index contributed by atoms with van der Waals surface area (Å²) in [6.07, 6.45) is 16.8. The third-order valence-electron chi connectivity index (χ3n) is 7.49. The maximum Gasteiger partial charge on any atom is 0.157 e. The zero-order valence-electron chi connectivity index (χ0n) is 17.2. The average molecular weight is 382 g/mol. The minimum atomic E-state index is 0.392. The second-order valence-electron chi connectivity index (χ2n) is 8.68. The van der Waals surface area contributed by atoms with Gasteiger partial charge in [-0.25, -0.2) is 0 Å². The fourth-order valence-corrected chi connectivity index (χ4v) is 6.12. The van der Waals surface area contributed by atoms with Crippen molar-refractivity contribution in [2.24, 2.45) is 23.7 Å². The maximum absolute atomic E-state index is 5.69. The molecule has 0 N–H and O–H groups in total. The fraction of sp³-hybridized carbons (Fsp3) is 0.583. The second kappa shape index (κ2) is 7.14. The van der Waals surface area contributed by atoms with Crippen LogP contribution >= 0.6 is 0 Å². The molecule has 0 radical (unpaired) electrons. The number of ether oxygens (including phenoxy) is 3. The Balaban J connectivity index is 1.61. The van der Waals surface area contributed by atoms with E-state index >= 15 is 0 Å². The topological polar surface area (TPSA) is 30.9 Å². The van der Waals surface area contributed by atoms with Crippen LogP contribution in [0.1, 0.15) is 25.7 Å². The molecule has 5 rings (SSSR count). The third kappa shape index (κ3) is 2.76. The van der Waals surface area contributed by atoms with Gasteiger partial charge in [-0.2, -0.15) is 0 Å². The van der Waals surface area contributed by atoms with Crippen LogP contribution in [0.3, 0.4) is 0 Å². The highest BCUT2D eigenvalue weighted by Crippen LogP contribution is 2.53. The molecule has 0 bridgehead atoms. The molecule has 1 saturated heterocycles. The summed E-state index contributed by atoms with van der Waals surface area (Å²) in [6, 6.07) is 0.717. The van der Waals surface area contributed by atoms with Gasteiger partial charge in [0, 0.05) is 24.4 Å². The molecule has 28 heavy (non-hydrogen) atoms. The van der Waals surface area contributed by atoms with Gasteiger partial charge in [0.25, 0.3) is 0 Å². The first kappa shape index (κ1) is 18.1. The number of rotatable bonds is 3. The maximum atomic E-state index is 5.69. The van der Waals surface area contributed by atoms with Crippen LogP contribution in [0.4, 0.5) is 0 Å². The predicted octanol–water partition coefficient (Wildman–Crippen LogP) is 4.19. The molecule has 4 nitrogen and oxygen atoms in total. The van der Waals surface area contributed by atoms with Crippen molar-refractivity contribution in [3.05, 3.63) is 58.8 Å². The van der Waals surface area contributed by atoms with Crippen LogP contribution in [-0.4, -0.2) is 45.4 Å². The standard InChI is InChI=1S/C24H31NO3/c1-26-16-7-8-17-19(11-16)21-13-24(28-3)23(27-2)12-20(21)18-10-15-6-4-5-9-25(15)14-22(17)18/h7-8,11-13,15,17,19-21H,4-6,9-10,14H2,1-3H3. The lowest BCUT2D eigenvalue weighted by Crippen LogP contribution is -2.49. The molecule has 0 aromatic heterocycles. The van der Waals surface area contributed by atoms with Crippen molar-refractivity contribution in [3.63, 3.8) is 0 Å². The van der Waals surface area contributed by atoms with Gasteiger partial charge in [-0.1, -0.05) is 18.1 Å². The van der Waals surface area contributed by atoms with Crippen LogP contribution in [-0.2, 0) is 14.2 Å². The Labute approximate surface area is 168 Å². The number of hydrogen-bond donors (Lipinski definition) is 0. The molecule has 0 spiro atoms. The van der Waals surface area contributed by atoms with E-state index in [1.807, 2.05) is 0 Å². The van der Waals surface area contributed by atoms with E-state index in [9.17, 15) is 0 Å². The lowest BCUT2D eigenvalue weighted by Gasteiger charge is -2.51. The number of hydrogen-bond acceptors (Lipinski definition) is 4. The van der Waals surface area contributed by atoms with Gasteiger partial charge in [-0.3, -0.25) is 4.90 Å². The molecule has 5 unspecified atom stereocenters. The summed E-state index contributed by atoms with van der Waals surface area (Å²) in [5, 5.41) is 0. The van der Waals surface area contributed by atoms with Gasteiger partial charge in [-0.15, -0.1) is 0 Å². The highest BCUT2D eigenvalue weighted by Gasteiger charge is 2.47. The van der Waals surface area contributed by atoms with Gasteiger partial charge in [0.15, 0.2) is 11.5 Å². The first-order chi connectivity index (χ1) is 13.7.